The third-order valence-electron chi connectivity index (χ3n) is 14.0. The highest BCUT2D eigenvalue weighted by atomic mass is 32.1. The van der Waals surface area contributed by atoms with Gasteiger partial charge in [-0.15, -0.1) is 11.3 Å². The summed E-state index contributed by atoms with van der Waals surface area (Å²) in [6.07, 6.45) is 16.7. The number of hydrogen-bond donors (Lipinski definition) is 0. The number of hydrogen-bond acceptors (Lipinski definition) is 18. The van der Waals surface area contributed by atoms with Crippen LogP contribution in [0.4, 0.5) is 0 Å². The number of carbonyl (C=O) groups is 6. The molecule has 0 radical (unpaired) electrons. The van der Waals surface area contributed by atoms with Crippen LogP contribution >= 0.6 is 11.3 Å². The fourth-order valence-corrected chi connectivity index (χ4v) is 10.4. The van der Waals surface area contributed by atoms with Crippen molar-refractivity contribution < 1.29 is 66.7 Å². The maximum atomic E-state index is 13.7. The van der Waals surface area contributed by atoms with E-state index in [0.29, 0.717) is 123 Å². The average molecular weight is 1130 g/mol. The number of nitrogens with zero attached hydrogens (tertiary/aromatic N) is 3. The molecule has 7 rings (SSSR count). The van der Waals surface area contributed by atoms with Crippen molar-refractivity contribution in [3.63, 3.8) is 0 Å². The summed E-state index contributed by atoms with van der Waals surface area (Å²) < 4.78 is 45.7. The molecule has 0 aliphatic heterocycles. The minimum absolute atomic E-state index is 0.110. The molecule has 4 aromatic carbocycles. The van der Waals surface area contributed by atoms with E-state index in [-0.39, 0.29) is 42.3 Å². The molecule has 5 aromatic rings. The van der Waals surface area contributed by atoms with Gasteiger partial charge in [0.15, 0.2) is 5.75 Å². The number of fused-ring (bicyclic) bond motifs is 1. The van der Waals surface area contributed by atoms with Crippen LogP contribution in [0.3, 0.4) is 0 Å². The van der Waals surface area contributed by atoms with Crippen LogP contribution in [0.15, 0.2) is 127 Å². The fraction of sp³-hybridized carbons (Fsp3) is 0.413. The molecule has 0 unspecified atom stereocenters. The Morgan fingerprint density at radius 3 is 1.42 bits per heavy atom. The van der Waals surface area contributed by atoms with Gasteiger partial charge in [0.2, 0.25) is 0 Å². The Morgan fingerprint density at radius 2 is 0.926 bits per heavy atom. The van der Waals surface area contributed by atoms with Gasteiger partial charge in [-0.1, -0.05) is 49.6 Å². The van der Waals surface area contributed by atoms with E-state index in [1.807, 2.05) is 36.4 Å². The second-order valence-electron chi connectivity index (χ2n) is 19.8. The zero-order chi connectivity index (χ0) is 57.0. The number of unbranched alkanes of at least 4 members (excludes halogenated alkanes) is 6. The molecule has 0 atom stereocenters. The van der Waals surface area contributed by atoms with Crippen molar-refractivity contribution >= 4 is 69.8 Å². The lowest BCUT2D eigenvalue weighted by Gasteiger charge is -2.26. The van der Waals surface area contributed by atoms with Crippen LogP contribution in [0, 0.1) is 23.7 Å². The highest BCUT2D eigenvalue weighted by Crippen LogP contribution is 2.37. The van der Waals surface area contributed by atoms with Crippen molar-refractivity contribution in [2.45, 2.75) is 109 Å². The molecule has 1 aromatic heterocycles. The number of carbonyl (C=O) groups excluding carboxylic acids is 6. The number of ether oxygens (including phenoxy) is 8. The lowest BCUT2D eigenvalue weighted by Crippen LogP contribution is -2.30. The molecule has 428 valence electrons. The Balaban J connectivity index is 0.845. The number of esters is 6. The summed E-state index contributed by atoms with van der Waals surface area (Å²) >= 11 is 1.36. The number of benzene rings is 4. The molecule has 0 bridgehead atoms. The minimum Gasteiger partial charge on any atom is -0.494 e. The van der Waals surface area contributed by atoms with E-state index in [9.17, 15) is 28.8 Å². The van der Waals surface area contributed by atoms with Gasteiger partial charge in [-0.25, -0.2) is 14.6 Å². The van der Waals surface area contributed by atoms with E-state index >= 15 is 0 Å². The Hall–Kier alpha value is -7.99. The van der Waals surface area contributed by atoms with Crippen molar-refractivity contribution in [1.29, 1.82) is 0 Å². The van der Waals surface area contributed by atoms with Gasteiger partial charge < -0.3 is 37.9 Å². The van der Waals surface area contributed by atoms with E-state index < -0.39 is 23.8 Å². The molecule has 2 saturated carbocycles. The third-order valence-corrected chi connectivity index (χ3v) is 15.0. The Morgan fingerprint density at radius 1 is 0.481 bits per heavy atom. The van der Waals surface area contributed by atoms with Gasteiger partial charge in [-0.3, -0.25) is 19.2 Å². The lowest BCUT2D eigenvalue weighted by molar-refractivity contribution is -0.152. The topological polar surface area (TPSA) is 214 Å². The molecule has 1 heterocycles. The first kappa shape index (κ1) is 60.6. The second kappa shape index (κ2) is 32.9. The first-order valence-corrected chi connectivity index (χ1v) is 28.8. The summed E-state index contributed by atoms with van der Waals surface area (Å²) in [7, 11) is 0. The van der Waals surface area contributed by atoms with Gasteiger partial charge >= 0.3 is 35.8 Å². The van der Waals surface area contributed by atoms with Crippen molar-refractivity contribution in [3.05, 3.63) is 132 Å². The van der Waals surface area contributed by atoms with E-state index in [2.05, 4.69) is 23.4 Å². The summed E-state index contributed by atoms with van der Waals surface area (Å²) in [5, 5.41) is 8.95. The fourth-order valence-electron chi connectivity index (χ4n) is 9.37. The van der Waals surface area contributed by atoms with Gasteiger partial charge in [0.1, 0.15) is 33.5 Å². The van der Waals surface area contributed by atoms with Crippen molar-refractivity contribution in [3.8, 4) is 28.7 Å². The Labute approximate surface area is 476 Å². The standard InChI is InChI=1S/C63H71N3O14S/c1-3-56(67)75-39-14-7-5-12-37-73-50-27-31-52(32-28-50)78-61(70)47-20-18-46(19-21-47)60(69)77-41-36-45-26-35-54(58-59(45)81-55(66-58)43-65-64-42-44-16-10-9-11-17-44)80-63(72)49-24-22-48(23-25-49)62(71)79-53-33-29-51(30-34-53)74-38-13-6-8-15-40-76-57(68)4-2/h3-4,9-11,16-17,26-35,42-43,46-49H,1-2,5-8,12-15,18-25,36-41H2/b64-42+,65-43-. The molecule has 81 heavy (non-hydrogen) atoms. The van der Waals surface area contributed by atoms with Crippen LogP contribution in [0.25, 0.3) is 10.2 Å². The van der Waals surface area contributed by atoms with Gasteiger partial charge in [0.25, 0.3) is 0 Å². The van der Waals surface area contributed by atoms with Gasteiger partial charge in [0.05, 0.1) is 73.8 Å². The lowest BCUT2D eigenvalue weighted by atomic mass is 9.82. The van der Waals surface area contributed by atoms with Gasteiger partial charge in [-0.05, 0) is 168 Å². The Bertz CT molecular complexity index is 2920. The van der Waals surface area contributed by atoms with Gasteiger partial charge in [0, 0.05) is 18.6 Å². The highest BCUT2D eigenvalue weighted by Gasteiger charge is 2.34. The van der Waals surface area contributed by atoms with Crippen LogP contribution in [-0.2, 0) is 49.4 Å². The first-order valence-electron chi connectivity index (χ1n) is 27.9. The Kier molecular flexibility index (Phi) is 24.7. The van der Waals surface area contributed by atoms with Crippen molar-refractivity contribution in [1.82, 2.24) is 4.98 Å². The third kappa shape index (κ3) is 20.3. The number of thiazole rings is 1. The first-order chi connectivity index (χ1) is 39.5. The maximum absolute atomic E-state index is 13.7. The van der Waals surface area contributed by atoms with E-state index in [1.165, 1.54) is 11.3 Å². The smallest absolute Gasteiger partial charge is 0.330 e. The van der Waals surface area contributed by atoms with Crippen LogP contribution in [0.5, 0.6) is 28.7 Å². The van der Waals surface area contributed by atoms with Gasteiger partial charge in [-0.2, -0.15) is 10.2 Å². The molecule has 17 nitrogen and oxygen atoms in total. The van der Waals surface area contributed by atoms with Crippen LogP contribution < -0.4 is 23.7 Å². The predicted molar refractivity (Wildman–Crippen MR) is 307 cm³/mol. The van der Waals surface area contributed by atoms with Crippen LogP contribution in [0.2, 0.25) is 0 Å². The molecule has 0 N–H and O–H groups in total. The minimum atomic E-state index is -0.428. The van der Waals surface area contributed by atoms with E-state index in [1.54, 1.807) is 67.0 Å². The zero-order valence-electron chi connectivity index (χ0n) is 45.7. The largest absolute Gasteiger partial charge is 0.494 e. The van der Waals surface area contributed by atoms with Crippen molar-refractivity contribution in [2.24, 2.45) is 33.9 Å². The van der Waals surface area contributed by atoms with E-state index in [4.69, 9.17) is 42.9 Å². The highest BCUT2D eigenvalue weighted by molar-refractivity contribution is 7.20. The second-order valence-corrected chi connectivity index (χ2v) is 20.9. The van der Waals surface area contributed by atoms with Crippen molar-refractivity contribution in [2.75, 3.05) is 33.0 Å². The average Bonchev–Trinajstić information content (AvgIpc) is 4.22. The number of rotatable bonds is 31. The molecule has 0 saturated heterocycles. The van der Waals surface area contributed by atoms with E-state index in [0.717, 1.165) is 79.3 Å². The number of aromatic nitrogens is 1. The van der Waals surface area contributed by atoms with Crippen LogP contribution in [-0.4, -0.2) is 86.3 Å². The quantitative estimate of drug-likeness (QED) is 0.00767. The normalized spacial score (nSPS) is 17.0. The molecule has 2 aliphatic rings. The summed E-state index contributed by atoms with van der Waals surface area (Å²) in [5.74, 6) is -1.22. The maximum Gasteiger partial charge on any atom is 0.330 e. The summed E-state index contributed by atoms with van der Waals surface area (Å²) in [4.78, 5) is 80.4. The zero-order valence-corrected chi connectivity index (χ0v) is 46.5. The molecular weight excluding hydrogens is 1050 g/mol. The van der Waals surface area contributed by atoms with Crippen LogP contribution in [0.1, 0.15) is 119 Å². The molecular formula is C63H71N3O14S. The molecule has 0 spiro atoms. The molecule has 18 heteroatoms. The molecule has 2 aliphatic carbocycles. The summed E-state index contributed by atoms with van der Waals surface area (Å²) in [6.45, 7) is 8.70. The summed E-state index contributed by atoms with van der Waals surface area (Å²) in [6, 6.07) is 27.0. The monoisotopic (exact) mass is 1130 g/mol. The molecule has 0 amide bonds. The SMILES string of the molecule is C=CC(=O)OCCCCCCOc1ccc(OC(=O)C2CCC(C(=O)OCCc3ccc(OC(=O)C4CCC(C(=O)Oc5ccc(OCCCCCCOC(=O)C=C)cc5)CC4)c4nc(/C=N\N=C\c5ccccc5)sc34)CC2)cc1. The summed E-state index contributed by atoms with van der Waals surface area (Å²) in [5.41, 5.74) is 2.21. The predicted octanol–water partition coefficient (Wildman–Crippen LogP) is 11.9. The molecule has 2 fully saturated rings.